The Bertz CT molecular complexity index is 1570. The Morgan fingerprint density at radius 3 is 2.49 bits per heavy atom. The average molecular weight is 733 g/mol. The molecule has 2 aromatic rings. The number of aliphatic hydroxyl groups is 2. The second kappa shape index (κ2) is 18.5. The van der Waals surface area contributed by atoms with Crippen LogP contribution < -0.4 is 4.74 Å². The standard InChI is InChI=1S/C43H60N2O8/c1-6-21-45(41(49)50-29-42(3,4)5)38-27-36(44-52-28-30-15-9-8-10-16-30)34-25-31(17-11-13-22-46)33(18-12-14-23-47)39-35-26-32(48)19-20-37(35)53-43(38,40(34)39)51-24-7-2/h7-10,15-16,19-20,25-26,31,33,38-40,46-48H,2,6,11-14,17-18,21-24,27-29H2,1,3-5H3. The molecule has 6 unspecified atom stereocenters. The van der Waals surface area contributed by atoms with Gasteiger partial charge in [-0.1, -0.05) is 88.2 Å². The van der Waals surface area contributed by atoms with Crippen LogP contribution in [0.5, 0.6) is 11.5 Å². The van der Waals surface area contributed by atoms with E-state index in [1.165, 1.54) is 0 Å². The number of phenolic OH excluding ortho intramolecular Hbond substituents is 1. The zero-order valence-electron chi connectivity index (χ0n) is 32.0. The minimum Gasteiger partial charge on any atom is -0.508 e. The minimum atomic E-state index is -1.37. The Morgan fingerprint density at radius 1 is 1.08 bits per heavy atom. The van der Waals surface area contributed by atoms with Gasteiger partial charge in [-0.05, 0) is 78.7 Å². The molecular weight excluding hydrogens is 672 g/mol. The number of rotatable bonds is 18. The molecular formula is C43H60N2O8. The highest BCUT2D eigenvalue weighted by Crippen LogP contribution is 2.62. The fourth-order valence-corrected chi connectivity index (χ4v) is 8.39. The third-order valence-corrected chi connectivity index (χ3v) is 10.6. The number of allylic oxidation sites excluding steroid dienone is 1. The van der Waals surface area contributed by atoms with E-state index in [1.807, 2.05) is 58.0 Å². The molecule has 1 aliphatic heterocycles. The normalized spacial score (nSPS) is 25.4. The van der Waals surface area contributed by atoms with Gasteiger partial charge in [-0.25, -0.2) is 4.79 Å². The van der Waals surface area contributed by atoms with Gasteiger partial charge in [0.25, 0.3) is 0 Å². The molecule has 0 spiro atoms. The lowest BCUT2D eigenvalue weighted by atomic mass is 9.55. The average Bonchev–Trinajstić information content (AvgIpc) is 3.14. The number of aromatic hydroxyl groups is 1. The van der Waals surface area contributed by atoms with E-state index in [1.54, 1.807) is 29.2 Å². The fourth-order valence-electron chi connectivity index (χ4n) is 8.39. The molecule has 53 heavy (non-hydrogen) atoms. The van der Waals surface area contributed by atoms with Crippen molar-refractivity contribution in [3.05, 3.63) is 84.0 Å². The summed E-state index contributed by atoms with van der Waals surface area (Å²) in [5.74, 6) is -1.11. The lowest BCUT2D eigenvalue weighted by Gasteiger charge is -2.59. The first-order valence-corrected chi connectivity index (χ1v) is 19.4. The summed E-state index contributed by atoms with van der Waals surface area (Å²) >= 11 is 0. The molecule has 0 radical (unpaired) electrons. The maximum Gasteiger partial charge on any atom is 0.410 e. The summed E-state index contributed by atoms with van der Waals surface area (Å²) in [7, 11) is 0. The van der Waals surface area contributed by atoms with Crippen molar-refractivity contribution in [1.29, 1.82) is 0 Å². The number of amides is 1. The first-order valence-electron chi connectivity index (χ1n) is 19.4. The van der Waals surface area contributed by atoms with Gasteiger partial charge in [0.15, 0.2) is 0 Å². The molecule has 2 aliphatic carbocycles. The predicted molar refractivity (Wildman–Crippen MR) is 206 cm³/mol. The number of benzene rings is 2. The number of hydrogen-bond acceptors (Lipinski definition) is 9. The summed E-state index contributed by atoms with van der Waals surface area (Å²) in [6.45, 7) is 13.4. The number of fused-ring (bicyclic) bond motifs is 2. The molecule has 0 aromatic heterocycles. The van der Waals surface area contributed by atoms with Crippen molar-refractivity contribution in [2.75, 3.05) is 33.0 Å². The number of nitrogens with zero attached hydrogens (tertiary/aromatic N) is 2. The van der Waals surface area contributed by atoms with Crippen molar-refractivity contribution in [2.45, 2.75) is 103 Å². The Balaban J connectivity index is 1.73. The highest BCUT2D eigenvalue weighted by Gasteiger charge is 2.65. The molecule has 1 amide bonds. The predicted octanol–water partition coefficient (Wildman–Crippen LogP) is 8.12. The Labute approximate surface area is 315 Å². The van der Waals surface area contributed by atoms with Gasteiger partial charge < -0.3 is 34.4 Å². The first-order chi connectivity index (χ1) is 25.6. The quantitative estimate of drug-likeness (QED) is 0.0796. The number of oxime groups is 1. The van der Waals surface area contributed by atoms with E-state index < -0.39 is 23.8 Å². The van der Waals surface area contributed by atoms with Crippen LogP contribution in [0.15, 0.2) is 78.0 Å². The van der Waals surface area contributed by atoms with Crippen LogP contribution in [0.3, 0.4) is 0 Å². The van der Waals surface area contributed by atoms with Crippen molar-refractivity contribution >= 4 is 11.8 Å². The summed E-state index contributed by atoms with van der Waals surface area (Å²) in [4.78, 5) is 22.1. The van der Waals surface area contributed by atoms with Gasteiger partial charge in [0.2, 0.25) is 5.79 Å². The Kier molecular flexibility index (Phi) is 14.0. The minimum absolute atomic E-state index is 0.0721. The zero-order valence-corrected chi connectivity index (χ0v) is 32.0. The van der Waals surface area contributed by atoms with E-state index in [2.05, 4.69) is 12.7 Å². The van der Waals surface area contributed by atoms with Crippen molar-refractivity contribution in [2.24, 2.45) is 28.3 Å². The summed E-state index contributed by atoms with van der Waals surface area (Å²) in [6, 6.07) is 14.5. The van der Waals surface area contributed by atoms with Gasteiger partial charge >= 0.3 is 6.09 Å². The lowest BCUT2D eigenvalue weighted by Crippen LogP contribution is -2.70. The summed E-state index contributed by atoms with van der Waals surface area (Å²) < 4.78 is 20.1. The molecule has 5 rings (SSSR count). The van der Waals surface area contributed by atoms with E-state index in [4.69, 9.17) is 24.2 Å². The van der Waals surface area contributed by atoms with Crippen molar-refractivity contribution in [1.82, 2.24) is 4.90 Å². The lowest BCUT2D eigenvalue weighted by molar-refractivity contribution is -0.255. The van der Waals surface area contributed by atoms with Gasteiger partial charge in [0.1, 0.15) is 24.1 Å². The highest BCUT2D eigenvalue weighted by atomic mass is 16.7. The van der Waals surface area contributed by atoms with Crippen molar-refractivity contribution < 1.29 is 39.2 Å². The van der Waals surface area contributed by atoms with Crippen LogP contribution in [-0.2, 0) is 20.9 Å². The molecule has 290 valence electrons. The monoisotopic (exact) mass is 732 g/mol. The molecule has 2 aromatic carbocycles. The maximum atomic E-state index is 14.3. The van der Waals surface area contributed by atoms with Crippen molar-refractivity contribution in [3.63, 3.8) is 0 Å². The number of phenols is 1. The SMILES string of the molecule is C=CCOC12Oc3ccc(O)cc3C3C(CCCCO)C(CCCCO)C=C(C(=NOCc4ccccc4)CC1N(CCC)C(=O)OCC(C)(C)C)C32. The number of unbranched alkanes of at least 4 members (excludes halogenated alkanes) is 2. The molecule has 10 heteroatoms. The van der Waals surface area contributed by atoms with E-state index in [-0.39, 0.29) is 68.4 Å². The highest BCUT2D eigenvalue weighted by molar-refractivity contribution is 6.03. The summed E-state index contributed by atoms with van der Waals surface area (Å²) in [6.07, 6.45) is 9.20. The topological polar surface area (TPSA) is 130 Å². The third kappa shape index (κ3) is 9.45. The van der Waals surface area contributed by atoms with Gasteiger partial charge in [-0.15, -0.1) is 6.58 Å². The molecule has 6 atom stereocenters. The van der Waals surface area contributed by atoms with Gasteiger partial charge in [0.05, 0.1) is 24.8 Å². The fraction of sp³-hybridized carbons (Fsp3) is 0.581. The van der Waals surface area contributed by atoms with Crippen molar-refractivity contribution in [3.8, 4) is 11.5 Å². The van der Waals surface area contributed by atoms with E-state index >= 15 is 0 Å². The Morgan fingerprint density at radius 2 is 1.81 bits per heavy atom. The third-order valence-electron chi connectivity index (χ3n) is 10.6. The molecule has 0 saturated heterocycles. The molecule has 3 N–H and O–H groups in total. The van der Waals surface area contributed by atoms with E-state index in [0.29, 0.717) is 31.6 Å². The number of carbonyl (C=O) groups excluding carboxylic acids is 1. The van der Waals surface area contributed by atoms with E-state index in [9.17, 15) is 20.1 Å². The number of hydrogen-bond donors (Lipinski definition) is 3. The van der Waals surface area contributed by atoms with Crippen LogP contribution in [0.25, 0.3) is 0 Å². The van der Waals surface area contributed by atoms with Crippen LogP contribution in [0.1, 0.15) is 96.1 Å². The second-order valence-electron chi connectivity index (χ2n) is 15.9. The maximum absolute atomic E-state index is 14.3. The van der Waals surface area contributed by atoms with Gasteiger partial charge in [-0.2, -0.15) is 0 Å². The Hall–Kier alpha value is -3.86. The smallest absolute Gasteiger partial charge is 0.410 e. The number of ether oxygens (including phenoxy) is 3. The zero-order chi connectivity index (χ0) is 38.0. The summed E-state index contributed by atoms with van der Waals surface area (Å²) in [5.41, 5.74) is 3.29. The van der Waals surface area contributed by atoms with Crippen LogP contribution in [0, 0.1) is 23.2 Å². The van der Waals surface area contributed by atoms with Crippen LogP contribution in [0.2, 0.25) is 0 Å². The molecule has 0 bridgehead atoms. The molecule has 1 saturated carbocycles. The van der Waals surface area contributed by atoms with E-state index in [0.717, 1.165) is 48.1 Å². The largest absolute Gasteiger partial charge is 0.508 e. The number of carbonyl (C=O) groups is 1. The van der Waals surface area contributed by atoms with Crippen LogP contribution >= 0.6 is 0 Å². The van der Waals surface area contributed by atoms with Crippen LogP contribution in [0.4, 0.5) is 4.79 Å². The molecule has 10 nitrogen and oxygen atoms in total. The first kappa shape index (κ1) is 40.3. The van der Waals surface area contributed by atoms with Gasteiger partial charge in [0, 0.05) is 37.7 Å². The molecule has 1 fully saturated rings. The molecule has 3 aliphatic rings. The second-order valence-corrected chi connectivity index (χ2v) is 15.9. The van der Waals surface area contributed by atoms with Crippen LogP contribution in [-0.4, -0.2) is 76.8 Å². The summed E-state index contributed by atoms with van der Waals surface area (Å²) in [5, 5.41) is 35.3. The van der Waals surface area contributed by atoms with Gasteiger partial charge in [-0.3, -0.25) is 4.90 Å². The molecule has 1 heterocycles. The number of aliphatic hydroxyl groups excluding tert-OH is 2.